The Balaban J connectivity index is 1.96. The molecule has 0 spiro atoms. The Kier molecular flexibility index (Phi) is 3.88. The lowest BCUT2D eigenvalue weighted by Crippen LogP contribution is -2.11. The molecule has 21 heavy (non-hydrogen) atoms. The van der Waals surface area contributed by atoms with Crippen LogP contribution in [0.5, 0.6) is 0 Å². The highest BCUT2D eigenvalue weighted by molar-refractivity contribution is 5.55. The van der Waals surface area contributed by atoms with Crippen LogP contribution in [-0.4, -0.2) is 15.0 Å². The van der Waals surface area contributed by atoms with Gasteiger partial charge in [-0.05, 0) is 24.3 Å². The van der Waals surface area contributed by atoms with E-state index in [2.05, 4.69) is 25.3 Å². The van der Waals surface area contributed by atoms with Crippen LogP contribution in [0.3, 0.4) is 0 Å². The van der Waals surface area contributed by atoms with Crippen molar-refractivity contribution in [2.24, 2.45) is 10.3 Å². The van der Waals surface area contributed by atoms with Gasteiger partial charge in [0.1, 0.15) is 12.7 Å². The SMILES string of the molecule is c1ccc(N=NN(c2ccccc2)c2ncncn2)cc1. The zero-order chi connectivity index (χ0) is 14.3. The van der Waals surface area contributed by atoms with Gasteiger partial charge in [-0.1, -0.05) is 41.6 Å². The first-order valence-electron chi connectivity index (χ1n) is 6.37. The first kappa shape index (κ1) is 12.9. The summed E-state index contributed by atoms with van der Waals surface area (Å²) in [7, 11) is 0. The van der Waals surface area contributed by atoms with Crippen LogP contribution < -0.4 is 5.01 Å². The highest BCUT2D eigenvalue weighted by Crippen LogP contribution is 2.23. The lowest BCUT2D eigenvalue weighted by molar-refractivity contribution is 0.893. The van der Waals surface area contributed by atoms with Gasteiger partial charge in [0.2, 0.25) is 0 Å². The Labute approximate surface area is 121 Å². The summed E-state index contributed by atoms with van der Waals surface area (Å²) in [5.41, 5.74) is 1.58. The van der Waals surface area contributed by atoms with Crippen molar-refractivity contribution < 1.29 is 0 Å². The quantitative estimate of drug-likeness (QED) is 0.538. The molecule has 0 fully saturated rings. The predicted molar refractivity (Wildman–Crippen MR) is 79.4 cm³/mol. The van der Waals surface area contributed by atoms with Crippen LogP contribution >= 0.6 is 0 Å². The number of benzene rings is 2. The molecule has 0 bridgehead atoms. The van der Waals surface area contributed by atoms with Crippen molar-refractivity contribution in [3.05, 3.63) is 73.3 Å². The van der Waals surface area contributed by atoms with Gasteiger partial charge in [0.05, 0.1) is 11.4 Å². The minimum Gasteiger partial charge on any atom is -0.225 e. The molecule has 3 rings (SSSR count). The van der Waals surface area contributed by atoms with Gasteiger partial charge in [-0.25, -0.2) is 4.98 Å². The van der Waals surface area contributed by atoms with Gasteiger partial charge in [0.25, 0.3) is 5.95 Å². The van der Waals surface area contributed by atoms with Gasteiger partial charge in [-0.3, -0.25) is 0 Å². The molecule has 1 heterocycles. The summed E-state index contributed by atoms with van der Waals surface area (Å²) in [6.45, 7) is 0. The second kappa shape index (κ2) is 6.33. The summed E-state index contributed by atoms with van der Waals surface area (Å²) in [4.78, 5) is 12.1. The summed E-state index contributed by atoms with van der Waals surface area (Å²) >= 11 is 0. The number of hydrogen-bond donors (Lipinski definition) is 0. The van der Waals surface area contributed by atoms with E-state index in [0.29, 0.717) is 5.95 Å². The van der Waals surface area contributed by atoms with Gasteiger partial charge in [-0.2, -0.15) is 15.0 Å². The van der Waals surface area contributed by atoms with E-state index in [1.807, 2.05) is 60.7 Å². The number of anilines is 2. The number of para-hydroxylation sites is 1. The van der Waals surface area contributed by atoms with Crippen molar-refractivity contribution in [3.8, 4) is 0 Å². The molecule has 3 aromatic rings. The molecule has 0 radical (unpaired) electrons. The molecule has 2 aromatic carbocycles. The van der Waals surface area contributed by atoms with Gasteiger partial charge < -0.3 is 0 Å². The lowest BCUT2D eigenvalue weighted by Gasteiger charge is -2.14. The highest BCUT2D eigenvalue weighted by atomic mass is 15.6. The zero-order valence-corrected chi connectivity index (χ0v) is 11.1. The molecule has 0 atom stereocenters. The fourth-order valence-corrected chi connectivity index (χ4v) is 1.71. The van der Waals surface area contributed by atoms with Crippen molar-refractivity contribution in [1.29, 1.82) is 0 Å². The molecule has 0 aliphatic heterocycles. The van der Waals surface area contributed by atoms with E-state index in [-0.39, 0.29) is 0 Å². The maximum Gasteiger partial charge on any atom is 0.255 e. The molecule has 0 saturated carbocycles. The van der Waals surface area contributed by atoms with E-state index >= 15 is 0 Å². The molecule has 0 amide bonds. The number of hydrogen-bond acceptors (Lipinski definition) is 5. The van der Waals surface area contributed by atoms with Crippen molar-refractivity contribution in [2.75, 3.05) is 5.01 Å². The third kappa shape index (κ3) is 3.24. The Morgan fingerprint density at radius 1 is 0.762 bits per heavy atom. The van der Waals surface area contributed by atoms with Gasteiger partial charge in [0.15, 0.2) is 0 Å². The standard InChI is InChI=1S/C15H12N6/c1-3-7-13(8-4-1)19-20-21(14-9-5-2-6-10-14)15-17-11-16-12-18-15/h1-12H. The van der Waals surface area contributed by atoms with Crippen LogP contribution in [0.15, 0.2) is 83.7 Å². The third-order valence-corrected chi connectivity index (χ3v) is 2.68. The largest absolute Gasteiger partial charge is 0.255 e. The molecular formula is C15H12N6. The van der Waals surface area contributed by atoms with Crippen LogP contribution in [0, 0.1) is 0 Å². The summed E-state index contributed by atoms with van der Waals surface area (Å²) < 4.78 is 0. The fraction of sp³-hybridized carbons (Fsp3) is 0. The fourth-order valence-electron chi connectivity index (χ4n) is 1.71. The Hall–Kier alpha value is -3.15. The third-order valence-electron chi connectivity index (χ3n) is 2.68. The van der Waals surface area contributed by atoms with Crippen LogP contribution in [0.1, 0.15) is 0 Å². The van der Waals surface area contributed by atoms with Gasteiger partial charge in [0, 0.05) is 0 Å². The van der Waals surface area contributed by atoms with E-state index in [4.69, 9.17) is 0 Å². The van der Waals surface area contributed by atoms with Crippen molar-refractivity contribution in [1.82, 2.24) is 15.0 Å². The number of nitrogens with zero attached hydrogens (tertiary/aromatic N) is 6. The molecule has 1 aromatic heterocycles. The molecule has 102 valence electrons. The minimum absolute atomic E-state index is 0.413. The van der Waals surface area contributed by atoms with E-state index in [0.717, 1.165) is 11.4 Å². The smallest absolute Gasteiger partial charge is 0.225 e. The summed E-state index contributed by atoms with van der Waals surface area (Å²) in [6, 6.07) is 19.1. The second-order valence-electron chi connectivity index (χ2n) is 4.11. The van der Waals surface area contributed by atoms with E-state index in [9.17, 15) is 0 Å². The average molecular weight is 276 g/mol. The number of aromatic nitrogens is 3. The van der Waals surface area contributed by atoms with E-state index in [1.54, 1.807) is 5.01 Å². The highest BCUT2D eigenvalue weighted by Gasteiger charge is 2.10. The van der Waals surface area contributed by atoms with Crippen molar-refractivity contribution >= 4 is 17.3 Å². The normalized spacial score (nSPS) is 10.7. The number of rotatable bonds is 4. The van der Waals surface area contributed by atoms with Crippen LogP contribution in [0.2, 0.25) is 0 Å². The Morgan fingerprint density at radius 3 is 2.05 bits per heavy atom. The molecule has 6 heteroatoms. The first-order valence-corrected chi connectivity index (χ1v) is 6.37. The summed E-state index contributed by atoms with van der Waals surface area (Å²) in [5, 5.41) is 10.0. The van der Waals surface area contributed by atoms with Crippen LogP contribution in [0.25, 0.3) is 0 Å². The monoisotopic (exact) mass is 276 g/mol. The maximum absolute atomic E-state index is 4.24. The Morgan fingerprint density at radius 2 is 1.38 bits per heavy atom. The molecule has 0 N–H and O–H groups in total. The molecule has 0 unspecified atom stereocenters. The molecular weight excluding hydrogens is 264 g/mol. The van der Waals surface area contributed by atoms with Crippen LogP contribution in [0.4, 0.5) is 17.3 Å². The lowest BCUT2D eigenvalue weighted by atomic mass is 10.3. The first-order chi connectivity index (χ1) is 10.4. The zero-order valence-electron chi connectivity index (χ0n) is 11.1. The van der Waals surface area contributed by atoms with Crippen LogP contribution in [-0.2, 0) is 0 Å². The van der Waals surface area contributed by atoms with Crippen molar-refractivity contribution in [2.45, 2.75) is 0 Å². The van der Waals surface area contributed by atoms with E-state index < -0.39 is 0 Å². The molecule has 0 aliphatic carbocycles. The van der Waals surface area contributed by atoms with Gasteiger partial charge >= 0.3 is 0 Å². The van der Waals surface area contributed by atoms with Gasteiger partial charge in [-0.15, -0.1) is 5.11 Å². The Bertz CT molecular complexity index is 661. The van der Waals surface area contributed by atoms with Crippen molar-refractivity contribution in [3.63, 3.8) is 0 Å². The summed E-state index contributed by atoms with van der Waals surface area (Å²) in [5.74, 6) is 0.413. The second-order valence-corrected chi connectivity index (χ2v) is 4.11. The minimum atomic E-state index is 0.413. The van der Waals surface area contributed by atoms with E-state index in [1.165, 1.54) is 12.7 Å². The topological polar surface area (TPSA) is 66.6 Å². The molecule has 0 aliphatic rings. The molecule has 6 nitrogen and oxygen atoms in total. The maximum atomic E-state index is 4.24. The average Bonchev–Trinajstić information content (AvgIpc) is 2.58. The predicted octanol–water partition coefficient (Wildman–Crippen LogP) is 3.71. The summed E-state index contributed by atoms with van der Waals surface area (Å²) in [6.07, 6.45) is 2.85. The molecule has 0 saturated heterocycles.